The number of halogens is 1. The van der Waals surface area contributed by atoms with Crippen LogP contribution in [0.25, 0.3) is 0 Å². The molecule has 3 N–H and O–H groups in total. The van der Waals surface area contributed by atoms with E-state index in [1.165, 1.54) is 7.11 Å². The fourth-order valence-electron chi connectivity index (χ4n) is 4.43. The first-order valence-corrected chi connectivity index (χ1v) is 13.3. The molecule has 0 saturated carbocycles. The Morgan fingerprint density at radius 3 is 2.46 bits per heavy atom. The number of nitrogens with two attached hydrogens (primary N) is 1. The minimum absolute atomic E-state index is 0.125. The lowest BCUT2D eigenvalue weighted by molar-refractivity contribution is -0.138. The first kappa shape index (κ1) is 29.2. The number of hydrogen-bond acceptors (Lipinski definition) is 6. The van der Waals surface area contributed by atoms with Gasteiger partial charge in [-0.3, -0.25) is 9.59 Å². The van der Waals surface area contributed by atoms with E-state index < -0.39 is 0 Å². The molecule has 0 spiro atoms. The highest BCUT2D eigenvalue weighted by atomic mass is 35.5. The van der Waals surface area contributed by atoms with Crippen molar-refractivity contribution in [2.75, 3.05) is 65.3 Å². The molecule has 2 amide bonds. The largest absolute Gasteiger partial charge is 0.496 e. The van der Waals surface area contributed by atoms with Gasteiger partial charge in [-0.15, -0.1) is 0 Å². The van der Waals surface area contributed by atoms with Crippen molar-refractivity contribution in [2.45, 2.75) is 52.4 Å². The van der Waals surface area contributed by atoms with E-state index in [0.29, 0.717) is 41.8 Å². The Bertz CT molecular complexity index is 802. The Kier molecular flexibility index (Phi) is 13.2. The van der Waals surface area contributed by atoms with E-state index >= 15 is 0 Å². The highest BCUT2D eigenvalue weighted by Gasteiger charge is 2.25. The molecule has 2 rings (SSSR count). The van der Waals surface area contributed by atoms with Crippen molar-refractivity contribution < 1.29 is 19.1 Å². The molecule has 9 heteroatoms. The number of ether oxygens (including phenoxy) is 2. The first-order chi connectivity index (χ1) is 16.9. The molecule has 0 bridgehead atoms. The van der Waals surface area contributed by atoms with Gasteiger partial charge >= 0.3 is 0 Å². The number of methoxy groups -OCH3 is 1. The molecule has 0 unspecified atom stereocenters. The van der Waals surface area contributed by atoms with E-state index in [-0.39, 0.29) is 17.7 Å². The molecule has 0 aromatic heterocycles. The van der Waals surface area contributed by atoms with Gasteiger partial charge in [0.1, 0.15) is 5.75 Å². The molecular weight excluding hydrogens is 468 g/mol. The van der Waals surface area contributed by atoms with E-state index in [1.54, 1.807) is 12.1 Å². The summed E-state index contributed by atoms with van der Waals surface area (Å²) in [5, 5.41) is 3.29. The predicted molar refractivity (Wildman–Crippen MR) is 141 cm³/mol. The summed E-state index contributed by atoms with van der Waals surface area (Å²) in [5.41, 5.74) is 6.56. The van der Waals surface area contributed by atoms with Crippen LogP contribution in [0.2, 0.25) is 5.02 Å². The maximum Gasteiger partial charge on any atom is 0.255 e. The Morgan fingerprint density at radius 2 is 1.80 bits per heavy atom. The van der Waals surface area contributed by atoms with Crippen LogP contribution in [0.3, 0.4) is 0 Å². The number of hydrogen-bond donors (Lipinski definition) is 2. The van der Waals surface area contributed by atoms with E-state index in [2.05, 4.69) is 24.1 Å². The zero-order valence-corrected chi connectivity index (χ0v) is 22.4. The number of anilines is 1. The maximum atomic E-state index is 12.8. The molecule has 0 radical (unpaired) electrons. The second kappa shape index (κ2) is 15.9. The zero-order chi connectivity index (χ0) is 25.6. The number of unbranched alkanes of at least 4 members (excludes halogenated alkanes) is 1. The summed E-state index contributed by atoms with van der Waals surface area (Å²) in [5.74, 6) is 0.601. The SMILES string of the molecule is CCCN(CCCCN(CC)C(=O)C1CCOCC1)CCCNC(=O)c1cc(Cl)c(N)cc1OC. The molecule has 1 aromatic carbocycles. The zero-order valence-electron chi connectivity index (χ0n) is 21.6. The molecule has 1 fully saturated rings. The summed E-state index contributed by atoms with van der Waals surface area (Å²) in [6.45, 7) is 10.7. The van der Waals surface area contributed by atoms with Gasteiger partial charge in [0, 0.05) is 44.8 Å². The van der Waals surface area contributed by atoms with Gasteiger partial charge in [0.25, 0.3) is 5.91 Å². The maximum absolute atomic E-state index is 12.8. The lowest BCUT2D eigenvalue weighted by Crippen LogP contribution is -2.39. The predicted octanol–water partition coefficient (Wildman–Crippen LogP) is 3.82. The number of benzene rings is 1. The van der Waals surface area contributed by atoms with E-state index in [1.807, 2.05) is 4.90 Å². The number of carbonyl (C=O) groups excluding carboxylic acids is 2. The topological polar surface area (TPSA) is 97.1 Å². The van der Waals surface area contributed by atoms with Crippen LogP contribution in [0.1, 0.15) is 62.7 Å². The molecule has 0 atom stereocenters. The second-order valence-electron chi connectivity index (χ2n) is 9.04. The fraction of sp³-hybridized carbons (Fsp3) is 0.692. The quantitative estimate of drug-likeness (QED) is 0.275. The summed E-state index contributed by atoms with van der Waals surface area (Å²) in [4.78, 5) is 29.8. The van der Waals surface area contributed by atoms with Crippen molar-refractivity contribution in [3.63, 3.8) is 0 Å². The molecule has 0 aliphatic carbocycles. The summed E-state index contributed by atoms with van der Waals surface area (Å²) in [6, 6.07) is 3.11. The highest BCUT2D eigenvalue weighted by molar-refractivity contribution is 6.33. The van der Waals surface area contributed by atoms with Crippen molar-refractivity contribution in [3.05, 3.63) is 22.7 Å². The average molecular weight is 511 g/mol. The normalized spacial score (nSPS) is 14.2. The molecule has 1 heterocycles. The molecule has 1 saturated heterocycles. The van der Waals surface area contributed by atoms with Crippen LogP contribution >= 0.6 is 11.6 Å². The van der Waals surface area contributed by atoms with Gasteiger partial charge in [0.2, 0.25) is 5.91 Å². The Hall–Kier alpha value is -2.03. The van der Waals surface area contributed by atoms with Crippen LogP contribution in [0.4, 0.5) is 5.69 Å². The summed E-state index contributed by atoms with van der Waals surface area (Å²) in [7, 11) is 1.50. The summed E-state index contributed by atoms with van der Waals surface area (Å²) < 4.78 is 10.7. The van der Waals surface area contributed by atoms with Crippen molar-refractivity contribution in [2.24, 2.45) is 5.92 Å². The van der Waals surface area contributed by atoms with Gasteiger partial charge in [-0.1, -0.05) is 18.5 Å². The second-order valence-corrected chi connectivity index (χ2v) is 9.44. The third kappa shape index (κ3) is 9.50. The lowest BCUT2D eigenvalue weighted by Gasteiger charge is -2.29. The summed E-state index contributed by atoms with van der Waals surface area (Å²) >= 11 is 6.08. The fourth-order valence-corrected chi connectivity index (χ4v) is 4.60. The van der Waals surface area contributed by atoms with Gasteiger partial charge in [-0.05, 0) is 71.1 Å². The number of nitrogens with one attached hydrogen (secondary N) is 1. The molecular formula is C26H43ClN4O4. The molecule has 35 heavy (non-hydrogen) atoms. The molecule has 198 valence electrons. The van der Waals surface area contributed by atoms with Gasteiger partial charge < -0.3 is 30.3 Å². The van der Waals surface area contributed by atoms with Gasteiger partial charge in [0.15, 0.2) is 0 Å². The van der Waals surface area contributed by atoms with Crippen molar-refractivity contribution in [1.82, 2.24) is 15.1 Å². The number of carbonyl (C=O) groups is 2. The van der Waals surface area contributed by atoms with Crippen molar-refractivity contribution >= 4 is 29.1 Å². The van der Waals surface area contributed by atoms with Gasteiger partial charge in [-0.25, -0.2) is 0 Å². The van der Waals surface area contributed by atoms with Gasteiger partial charge in [-0.2, -0.15) is 0 Å². The minimum Gasteiger partial charge on any atom is -0.496 e. The minimum atomic E-state index is -0.223. The van der Waals surface area contributed by atoms with Crippen LogP contribution in [-0.2, 0) is 9.53 Å². The molecule has 8 nitrogen and oxygen atoms in total. The standard InChI is InChI=1S/C26H43ClN4O4/c1-4-12-30(13-6-7-15-31(5-2)26(33)20-9-16-35-17-10-20)14-8-11-29-25(32)21-18-22(27)23(28)19-24(21)34-3/h18-20H,4-17,28H2,1-3H3,(H,29,32). The smallest absolute Gasteiger partial charge is 0.255 e. The first-order valence-electron chi connectivity index (χ1n) is 12.9. The monoisotopic (exact) mass is 510 g/mol. The number of nitrogen functional groups attached to an aromatic ring is 1. The molecule has 1 aliphatic heterocycles. The number of nitrogens with zero attached hydrogens (tertiary/aromatic N) is 2. The van der Waals surface area contributed by atoms with Crippen LogP contribution in [0, 0.1) is 5.92 Å². The Balaban J connectivity index is 1.71. The molecule has 1 aromatic rings. The number of rotatable bonds is 15. The Labute approximate surface area is 215 Å². The highest BCUT2D eigenvalue weighted by Crippen LogP contribution is 2.28. The van der Waals surface area contributed by atoms with Crippen LogP contribution in [0.5, 0.6) is 5.75 Å². The Morgan fingerprint density at radius 1 is 1.11 bits per heavy atom. The third-order valence-electron chi connectivity index (χ3n) is 6.46. The summed E-state index contributed by atoms with van der Waals surface area (Å²) in [6.07, 6.45) is 5.65. The molecule has 1 aliphatic rings. The van der Waals surface area contributed by atoms with E-state index in [4.69, 9.17) is 26.8 Å². The van der Waals surface area contributed by atoms with Gasteiger partial charge in [0.05, 0.1) is 23.4 Å². The number of amides is 2. The van der Waals surface area contributed by atoms with Crippen LogP contribution in [0.15, 0.2) is 12.1 Å². The van der Waals surface area contributed by atoms with Crippen LogP contribution in [-0.4, -0.2) is 81.2 Å². The van der Waals surface area contributed by atoms with Crippen molar-refractivity contribution in [1.29, 1.82) is 0 Å². The van der Waals surface area contributed by atoms with Crippen molar-refractivity contribution in [3.8, 4) is 5.75 Å². The van der Waals surface area contributed by atoms with E-state index in [0.717, 1.165) is 71.2 Å². The average Bonchev–Trinajstić information content (AvgIpc) is 2.87. The third-order valence-corrected chi connectivity index (χ3v) is 6.78. The van der Waals surface area contributed by atoms with Crippen LogP contribution < -0.4 is 15.8 Å². The lowest BCUT2D eigenvalue weighted by atomic mass is 9.98. The van der Waals surface area contributed by atoms with E-state index in [9.17, 15) is 9.59 Å².